The van der Waals surface area contributed by atoms with Crippen molar-refractivity contribution < 1.29 is 9.53 Å². The molecule has 1 saturated heterocycles. The highest BCUT2D eigenvalue weighted by Crippen LogP contribution is 2.35. The lowest BCUT2D eigenvalue weighted by atomic mass is 9.95. The number of rotatable bonds is 4. The number of anilines is 1. The van der Waals surface area contributed by atoms with Crippen molar-refractivity contribution in [3.05, 3.63) is 23.9 Å². The highest BCUT2D eigenvalue weighted by Gasteiger charge is 2.33. The number of aromatic nitrogens is 1. The molecule has 2 atom stereocenters. The number of likely N-dealkylation sites (tertiary alicyclic amines) is 1. The minimum Gasteiger partial charge on any atom is -0.444 e. The van der Waals surface area contributed by atoms with Gasteiger partial charge in [0, 0.05) is 24.3 Å². The van der Waals surface area contributed by atoms with Crippen LogP contribution in [0.25, 0.3) is 0 Å². The quantitative estimate of drug-likeness (QED) is 0.863. The number of piperidine rings is 1. The Hall–Kier alpha value is -1.78. The molecule has 1 N–H and O–H groups in total. The summed E-state index contributed by atoms with van der Waals surface area (Å²) in [4.78, 5) is 19.0. The number of hydrogen-bond donors (Lipinski definition) is 1. The van der Waals surface area contributed by atoms with Crippen LogP contribution in [-0.2, 0) is 4.74 Å². The number of carbonyl (C=O) groups excluding carboxylic acids is 1. The largest absolute Gasteiger partial charge is 0.444 e. The van der Waals surface area contributed by atoms with E-state index in [1.165, 1.54) is 0 Å². The van der Waals surface area contributed by atoms with Crippen molar-refractivity contribution in [3.63, 3.8) is 0 Å². The fourth-order valence-electron chi connectivity index (χ4n) is 2.94. The average molecular weight is 333 g/mol. The molecule has 0 saturated carbocycles. The van der Waals surface area contributed by atoms with Gasteiger partial charge in [-0.2, -0.15) is 0 Å². The summed E-state index contributed by atoms with van der Waals surface area (Å²) in [6.07, 6.45) is 5.67. The van der Waals surface area contributed by atoms with E-state index in [-0.39, 0.29) is 12.1 Å². The zero-order valence-electron chi connectivity index (χ0n) is 15.6. The summed E-state index contributed by atoms with van der Waals surface area (Å²) in [6.45, 7) is 10.7. The highest BCUT2D eigenvalue weighted by molar-refractivity contribution is 5.69. The third kappa shape index (κ3) is 4.86. The van der Waals surface area contributed by atoms with Gasteiger partial charge in [-0.15, -0.1) is 0 Å². The second-order valence-corrected chi connectivity index (χ2v) is 7.58. The first-order valence-corrected chi connectivity index (χ1v) is 9.03. The third-order valence-corrected chi connectivity index (χ3v) is 4.32. The minimum absolute atomic E-state index is 0.0221. The Balaban J connectivity index is 2.26. The first-order valence-electron chi connectivity index (χ1n) is 9.03. The molecule has 1 fully saturated rings. The van der Waals surface area contributed by atoms with E-state index >= 15 is 0 Å². The summed E-state index contributed by atoms with van der Waals surface area (Å²) in [5, 5.41) is 3.48. The Bertz CT molecular complexity index is 554. The molecule has 1 aliphatic rings. The topological polar surface area (TPSA) is 54.5 Å². The standard InChI is InChI=1S/C19H31N3O2/c1-6-14(2)21-17-15(10-9-12-20-17)16-11-7-8-13-22(16)18(23)24-19(3,4)5/h9-10,12,14,16H,6-8,11,13H2,1-5H3,(H,20,21)/t14-,16-/m1/s1. The van der Waals surface area contributed by atoms with Crippen LogP contribution >= 0.6 is 0 Å². The number of pyridine rings is 1. The van der Waals surface area contributed by atoms with Gasteiger partial charge in [-0.3, -0.25) is 0 Å². The number of amides is 1. The number of nitrogens with zero attached hydrogens (tertiary/aromatic N) is 2. The van der Waals surface area contributed by atoms with E-state index in [1.54, 1.807) is 6.20 Å². The SMILES string of the molecule is CC[C@@H](C)Nc1ncccc1[C@H]1CCCCN1C(=O)OC(C)(C)C. The van der Waals surface area contributed by atoms with E-state index in [2.05, 4.69) is 30.2 Å². The molecule has 0 radical (unpaired) electrons. The van der Waals surface area contributed by atoms with E-state index in [0.717, 1.165) is 43.6 Å². The van der Waals surface area contributed by atoms with E-state index in [4.69, 9.17) is 4.74 Å². The zero-order valence-corrected chi connectivity index (χ0v) is 15.6. The Morgan fingerprint density at radius 1 is 1.46 bits per heavy atom. The molecule has 0 bridgehead atoms. The molecule has 1 aliphatic heterocycles. The molecule has 1 aromatic heterocycles. The zero-order chi connectivity index (χ0) is 17.7. The van der Waals surface area contributed by atoms with E-state index in [9.17, 15) is 4.79 Å². The minimum atomic E-state index is -0.480. The molecule has 0 spiro atoms. The van der Waals surface area contributed by atoms with Gasteiger partial charge in [-0.05, 0) is 59.4 Å². The summed E-state index contributed by atoms with van der Waals surface area (Å²) in [5.74, 6) is 0.882. The van der Waals surface area contributed by atoms with Crippen LogP contribution < -0.4 is 5.32 Å². The molecule has 1 amide bonds. The molecule has 5 nitrogen and oxygen atoms in total. The second-order valence-electron chi connectivity index (χ2n) is 7.58. The van der Waals surface area contributed by atoms with E-state index in [0.29, 0.717) is 6.04 Å². The average Bonchev–Trinajstić information content (AvgIpc) is 2.53. The molecule has 5 heteroatoms. The van der Waals surface area contributed by atoms with Crippen LogP contribution in [0.2, 0.25) is 0 Å². The number of ether oxygens (including phenoxy) is 1. The Morgan fingerprint density at radius 3 is 2.88 bits per heavy atom. The van der Waals surface area contributed by atoms with Crippen molar-refractivity contribution in [2.24, 2.45) is 0 Å². The predicted molar refractivity (Wildman–Crippen MR) is 97.1 cm³/mol. The highest BCUT2D eigenvalue weighted by atomic mass is 16.6. The number of hydrogen-bond acceptors (Lipinski definition) is 4. The monoisotopic (exact) mass is 333 g/mol. The van der Waals surface area contributed by atoms with Crippen molar-refractivity contribution >= 4 is 11.9 Å². The van der Waals surface area contributed by atoms with Crippen LogP contribution in [0.1, 0.15) is 71.9 Å². The van der Waals surface area contributed by atoms with Crippen LogP contribution in [0, 0.1) is 0 Å². The summed E-state index contributed by atoms with van der Waals surface area (Å²) >= 11 is 0. The molecule has 2 heterocycles. The van der Waals surface area contributed by atoms with Crippen LogP contribution in [0.3, 0.4) is 0 Å². The summed E-state index contributed by atoms with van der Waals surface area (Å²) < 4.78 is 5.62. The van der Waals surface area contributed by atoms with Gasteiger partial charge in [-0.25, -0.2) is 9.78 Å². The van der Waals surface area contributed by atoms with Crippen LogP contribution in [-0.4, -0.2) is 34.2 Å². The molecular formula is C19H31N3O2. The Kier molecular flexibility index (Phi) is 6.08. The molecule has 24 heavy (non-hydrogen) atoms. The fourth-order valence-corrected chi connectivity index (χ4v) is 2.94. The van der Waals surface area contributed by atoms with Crippen molar-refractivity contribution in [3.8, 4) is 0 Å². The van der Waals surface area contributed by atoms with Gasteiger partial charge < -0.3 is 15.0 Å². The first kappa shape index (κ1) is 18.6. The van der Waals surface area contributed by atoms with E-state index < -0.39 is 5.60 Å². The van der Waals surface area contributed by atoms with Gasteiger partial charge in [0.1, 0.15) is 11.4 Å². The third-order valence-electron chi connectivity index (χ3n) is 4.32. The molecule has 0 unspecified atom stereocenters. The van der Waals surface area contributed by atoms with Crippen LogP contribution in [0.5, 0.6) is 0 Å². The molecule has 2 rings (SSSR count). The number of carbonyl (C=O) groups is 1. The number of nitrogens with one attached hydrogen (secondary N) is 1. The normalized spacial score (nSPS) is 19.7. The lowest BCUT2D eigenvalue weighted by Crippen LogP contribution is -2.42. The molecule has 134 valence electrons. The summed E-state index contributed by atoms with van der Waals surface area (Å²) in [6, 6.07) is 4.38. The lowest BCUT2D eigenvalue weighted by molar-refractivity contribution is 0.00957. The molecule has 0 aliphatic carbocycles. The maximum absolute atomic E-state index is 12.7. The Labute approximate surface area is 145 Å². The van der Waals surface area contributed by atoms with Gasteiger partial charge in [0.2, 0.25) is 0 Å². The predicted octanol–water partition coefficient (Wildman–Crippen LogP) is 4.75. The first-order chi connectivity index (χ1) is 11.3. The summed E-state index contributed by atoms with van der Waals surface area (Å²) in [7, 11) is 0. The van der Waals surface area contributed by atoms with Crippen molar-refractivity contribution in [1.82, 2.24) is 9.88 Å². The van der Waals surface area contributed by atoms with Gasteiger partial charge in [0.25, 0.3) is 0 Å². The van der Waals surface area contributed by atoms with Crippen molar-refractivity contribution in [2.75, 3.05) is 11.9 Å². The smallest absolute Gasteiger partial charge is 0.410 e. The maximum Gasteiger partial charge on any atom is 0.410 e. The van der Waals surface area contributed by atoms with Gasteiger partial charge in [0.15, 0.2) is 0 Å². The van der Waals surface area contributed by atoms with Gasteiger partial charge in [0.05, 0.1) is 6.04 Å². The van der Waals surface area contributed by atoms with Crippen LogP contribution in [0.15, 0.2) is 18.3 Å². The molecule has 1 aromatic rings. The van der Waals surface area contributed by atoms with Crippen molar-refractivity contribution in [1.29, 1.82) is 0 Å². The van der Waals surface area contributed by atoms with Crippen molar-refractivity contribution in [2.45, 2.75) is 78.0 Å². The Morgan fingerprint density at radius 2 is 2.21 bits per heavy atom. The fraction of sp³-hybridized carbons (Fsp3) is 0.684. The van der Waals surface area contributed by atoms with E-state index in [1.807, 2.05) is 31.7 Å². The second kappa shape index (κ2) is 7.86. The van der Waals surface area contributed by atoms with Gasteiger partial charge >= 0.3 is 6.09 Å². The lowest BCUT2D eigenvalue weighted by Gasteiger charge is -2.37. The molecule has 0 aromatic carbocycles. The summed E-state index contributed by atoms with van der Waals surface area (Å²) in [5.41, 5.74) is 0.606. The maximum atomic E-state index is 12.7. The van der Waals surface area contributed by atoms with Crippen LogP contribution in [0.4, 0.5) is 10.6 Å². The van der Waals surface area contributed by atoms with Gasteiger partial charge in [-0.1, -0.05) is 13.0 Å². The molecular weight excluding hydrogens is 302 g/mol.